The van der Waals surface area contributed by atoms with Gasteiger partial charge in [-0.25, -0.2) is 0 Å². The smallest absolute Gasteiger partial charge is 0.303 e. The standard InChI is InChI=1S/C22H37NO9/c1-8-16-10(2)11(3)20(29-15(7)26)22(31-16)32-19-12(4)18(23-13(5)24)21(27)30-17(19)9-28-14(6)25/h10-12,16-22,27H,8-9H2,1-7H3,(H,23,24)/t10-,11-,12+,16?,17?,18?,19-,20?,21?,22-/m0/s1. The van der Waals surface area contributed by atoms with Crippen molar-refractivity contribution in [1.82, 2.24) is 5.32 Å². The van der Waals surface area contributed by atoms with Crippen LogP contribution >= 0.6 is 0 Å². The van der Waals surface area contributed by atoms with Crippen LogP contribution in [0.1, 0.15) is 54.9 Å². The molecule has 0 saturated carbocycles. The van der Waals surface area contributed by atoms with Crippen molar-refractivity contribution in [1.29, 1.82) is 0 Å². The molecule has 5 unspecified atom stereocenters. The zero-order valence-electron chi connectivity index (χ0n) is 19.9. The van der Waals surface area contributed by atoms with Crippen LogP contribution in [0.25, 0.3) is 0 Å². The van der Waals surface area contributed by atoms with Crippen molar-refractivity contribution >= 4 is 17.8 Å². The Balaban J connectivity index is 2.32. The summed E-state index contributed by atoms with van der Waals surface area (Å²) in [6.45, 7) is 11.6. The monoisotopic (exact) mass is 459 g/mol. The number of aliphatic hydroxyl groups is 1. The lowest BCUT2D eigenvalue weighted by Crippen LogP contribution is -2.63. The molecule has 0 aromatic heterocycles. The summed E-state index contributed by atoms with van der Waals surface area (Å²) in [5.74, 6) is -1.61. The second-order valence-electron chi connectivity index (χ2n) is 8.80. The van der Waals surface area contributed by atoms with E-state index in [4.69, 9.17) is 23.7 Å². The predicted octanol–water partition coefficient (Wildman–Crippen LogP) is 1.13. The van der Waals surface area contributed by atoms with Gasteiger partial charge in [0.2, 0.25) is 5.91 Å². The zero-order valence-corrected chi connectivity index (χ0v) is 19.9. The summed E-state index contributed by atoms with van der Waals surface area (Å²) < 4.78 is 28.9. The molecule has 0 radical (unpaired) electrons. The highest BCUT2D eigenvalue weighted by molar-refractivity contribution is 5.73. The van der Waals surface area contributed by atoms with Crippen molar-refractivity contribution in [2.75, 3.05) is 6.61 Å². The number of ether oxygens (including phenoxy) is 5. The van der Waals surface area contributed by atoms with Gasteiger partial charge in [-0.3, -0.25) is 14.4 Å². The van der Waals surface area contributed by atoms with Gasteiger partial charge in [0.1, 0.15) is 12.7 Å². The second kappa shape index (κ2) is 11.4. The van der Waals surface area contributed by atoms with Crippen LogP contribution in [-0.4, -0.2) is 72.6 Å². The third-order valence-corrected chi connectivity index (χ3v) is 6.40. The van der Waals surface area contributed by atoms with Crippen molar-refractivity contribution in [3.8, 4) is 0 Å². The van der Waals surface area contributed by atoms with Crippen LogP contribution in [0.2, 0.25) is 0 Å². The Kier molecular flexibility index (Phi) is 9.44. The molecule has 0 bridgehead atoms. The molecule has 2 rings (SSSR count). The number of hydrogen-bond donors (Lipinski definition) is 2. The number of carbonyl (C=O) groups is 3. The van der Waals surface area contributed by atoms with E-state index >= 15 is 0 Å². The predicted molar refractivity (Wildman–Crippen MR) is 112 cm³/mol. The fraction of sp³-hybridized carbons (Fsp3) is 0.864. The molecule has 0 aliphatic carbocycles. The van der Waals surface area contributed by atoms with Crippen molar-refractivity contribution in [3.63, 3.8) is 0 Å². The van der Waals surface area contributed by atoms with Crippen molar-refractivity contribution in [2.45, 2.75) is 97.9 Å². The SMILES string of the molecule is CCC1O[C@@H](O[C@@H]2C(COC(C)=O)OC(O)C(NC(C)=O)[C@H]2C)C(OC(C)=O)[C@@H](C)[C@@H]1C. The minimum Gasteiger partial charge on any atom is -0.463 e. The molecule has 184 valence electrons. The molecule has 2 fully saturated rings. The summed E-state index contributed by atoms with van der Waals surface area (Å²) in [4.78, 5) is 34.8. The van der Waals surface area contributed by atoms with E-state index in [0.717, 1.165) is 6.42 Å². The van der Waals surface area contributed by atoms with E-state index < -0.39 is 54.8 Å². The molecule has 2 saturated heterocycles. The van der Waals surface area contributed by atoms with E-state index in [-0.39, 0.29) is 30.5 Å². The zero-order chi connectivity index (χ0) is 24.2. The number of amides is 1. The lowest BCUT2D eigenvalue weighted by molar-refractivity contribution is -0.326. The summed E-state index contributed by atoms with van der Waals surface area (Å²) in [7, 11) is 0. The lowest BCUT2D eigenvalue weighted by atomic mass is 9.82. The van der Waals surface area contributed by atoms with Gasteiger partial charge < -0.3 is 34.1 Å². The van der Waals surface area contributed by atoms with Gasteiger partial charge in [0.15, 0.2) is 18.7 Å². The first-order valence-electron chi connectivity index (χ1n) is 11.2. The highest BCUT2D eigenvalue weighted by atomic mass is 16.7. The molecule has 10 atom stereocenters. The van der Waals surface area contributed by atoms with Crippen LogP contribution in [0.4, 0.5) is 0 Å². The lowest BCUT2D eigenvalue weighted by Gasteiger charge is -2.48. The molecule has 1 amide bonds. The molecule has 10 heteroatoms. The third-order valence-electron chi connectivity index (χ3n) is 6.40. The molecule has 10 nitrogen and oxygen atoms in total. The maximum atomic E-state index is 11.8. The maximum Gasteiger partial charge on any atom is 0.303 e. The van der Waals surface area contributed by atoms with E-state index in [9.17, 15) is 19.5 Å². The van der Waals surface area contributed by atoms with Crippen molar-refractivity contribution in [3.05, 3.63) is 0 Å². The fourth-order valence-corrected chi connectivity index (χ4v) is 4.47. The molecule has 0 spiro atoms. The first kappa shape index (κ1) is 26.5. The van der Waals surface area contributed by atoms with Crippen LogP contribution in [-0.2, 0) is 38.1 Å². The van der Waals surface area contributed by atoms with Gasteiger partial charge in [0.05, 0.1) is 18.2 Å². The van der Waals surface area contributed by atoms with Gasteiger partial charge in [-0.15, -0.1) is 0 Å². The van der Waals surface area contributed by atoms with Crippen LogP contribution in [0.3, 0.4) is 0 Å². The minimum atomic E-state index is -1.31. The van der Waals surface area contributed by atoms with E-state index in [2.05, 4.69) is 5.32 Å². The molecule has 0 aromatic rings. The molecule has 0 aromatic carbocycles. The van der Waals surface area contributed by atoms with E-state index in [0.29, 0.717) is 0 Å². The summed E-state index contributed by atoms with van der Waals surface area (Å²) in [5.41, 5.74) is 0. The maximum absolute atomic E-state index is 11.8. The Morgan fingerprint density at radius 3 is 2.09 bits per heavy atom. The van der Waals surface area contributed by atoms with Gasteiger partial charge >= 0.3 is 11.9 Å². The Bertz CT molecular complexity index is 670. The van der Waals surface area contributed by atoms with Gasteiger partial charge in [-0.1, -0.05) is 27.7 Å². The normalized spacial score (nSPS) is 39.8. The van der Waals surface area contributed by atoms with Crippen LogP contribution in [0.5, 0.6) is 0 Å². The Hall–Kier alpha value is -1.75. The van der Waals surface area contributed by atoms with Crippen LogP contribution < -0.4 is 5.32 Å². The highest BCUT2D eigenvalue weighted by Gasteiger charge is 2.50. The third kappa shape index (κ3) is 6.40. The van der Waals surface area contributed by atoms with Crippen LogP contribution in [0, 0.1) is 17.8 Å². The molecule has 32 heavy (non-hydrogen) atoms. The summed E-state index contributed by atoms with van der Waals surface area (Å²) in [6.07, 6.45) is -3.75. The van der Waals surface area contributed by atoms with Gasteiger partial charge in [-0.05, 0) is 12.3 Å². The van der Waals surface area contributed by atoms with E-state index in [1.54, 1.807) is 6.92 Å². The fourth-order valence-electron chi connectivity index (χ4n) is 4.47. The molecular formula is C22H37NO9. The van der Waals surface area contributed by atoms with Crippen molar-refractivity contribution in [2.24, 2.45) is 17.8 Å². The topological polar surface area (TPSA) is 130 Å². The number of carbonyl (C=O) groups excluding carboxylic acids is 3. The Morgan fingerprint density at radius 1 is 0.906 bits per heavy atom. The Morgan fingerprint density at radius 2 is 1.56 bits per heavy atom. The second-order valence-corrected chi connectivity index (χ2v) is 8.80. The number of esters is 2. The molecule has 2 heterocycles. The average Bonchev–Trinajstić information content (AvgIpc) is 2.70. The number of aliphatic hydroxyl groups excluding tert-OH is 1. The highest BCUT2D eigenvalue weighted by Crippen LogP contribution is 2.37. The summed E-state index contributed by atoms with van der Waals surface area (Å²) in [5, 5.41) is 13.1. The average molecular weight is 460 g/mol. The van der Waals surface area contributed by atoms with E-state index in [1.165, 1.54) is 20.8 Å². The van der Waals surface area contributed by atoms with Gasteiger partial charge in [0.25, 0.3) is 0 Å². The first-order valence-corrected chi connectivity index (χ1v) is 11.2. The number of hydrogen-bond acceptors (Lipinski definition) is 9. The van der Waals surface area contributed by atoms with E-state index in [1.807, 2.05) is 20.8 Å². The molecular weight excluding hydrogens is 422 g/mol. The Labute approximate surface area is 189 Å². The summed E-state index contributed by atoms with van der Waals surface area (Å²) in [6, 6.07) is -0.750. The molecule has 2 aliphatic heterocycles. The van der Waals surface area contributed by atoms with Gasteiger partial charge in [0, 0.05) is 32.6 Å². The number of rotatable bonds is 7. The van der Waals surface area contributed by atoms with Crippen molar-refractivity contribution < 1.29 is 43.2 Å². The minimum absolute atomic E-state index is 0.0360. The first-order chi connectivity index (χ1) is 15.0. The van der Waals surface area contributed by atoms with Crippen LogP contribution in [0.15, 0.2) is 0 Å². The molecule has 2 N–H and O–H groups in total. The molecule has 2 aliphatic rings. The number of nitrogens with one attached hydrogen (secondary N) is 1. The largest absolute Gasteiger partial charge is 0.463 e. The van der Waals surface area contributed by atoms with Gasteiger partial charge in [-0.2, -0.15) is 0 Å². The quantitative estimate of drug-likeness (QED) is 0.538. The summed E-state index contributed by atoms with van der Waals surface area (Å²) >= 11 is 0.